The van der Waals surface area contributed by atoms with E-state index in [0.29, 0.717) is 22.1 Å². The molecule has 1 heterocycles. The van der Waals surface area contributed by atoms with E-state index in [1.54, 1.807) is 25.1 Å². The first-order valence-electron chi connectivity index (χ1n) is 9.16. The van der Waals surface area contributed by atoms with Gasteiger partial charge in [0.2, 0.25) is 5.56 Å². The second-order valence-corrected chi connectivity index (χ2v) is 8.07. The molecule has 6 heteroatoms. The average molecular weight is 382 g/mol. The lowest BCUT2D eigenvalue weighted by atomic mass is 9.84. The Bertz CT molecular complexity index is 953. The summed E-state index contributed by atoms with van der Waals surface area (Å²) >= 11 is 1.25. The van der Waals surface area contributed by atoms with E-state index in [1.165, 1.54) is 37.1 Å². The summed E-state index contributed by atoms with van der Waals surface area (Å²) in [6.07, 6.45) is 6.70. The summed E-state index contributed by atoms with van der Waals surface area (Å²) in [5.74, 6) is -0.474. The lowest BCUT2D eigenvalue weighted by Crippen LogP contribution is -2.15. The highest BCUT2D eigenvalue weighted by Crippen LogP contribution is 2.34. The van der Waals surface area contributed by atoms with Crippen LogP contribution in [0.4, 0.5) is 0 Å². The zero-order valence-corrected chi connectivity index (χ0v) is 16.1. The van der Waals surface area contributed by atoms with Gasteiger partial charge in [-0.3, -0.25) is 4.79 Å². The Kier molecular flexibility index (Phi) is 6.02. The van der Waals surface area contributed by atoms with Gasteiger partial charge in [-0.1, -0.05) is 49.9 Å². The summed E-state index contributed by atoms with van der Waals surface area (Å²) in [6, 6.07) is 8.82. The molecule has 1 aromatic carbocycles. The van der Waals surface area contributed by atoms with E-state index in [2.05, 4.69) is 11.1 Å². The van der Waals surface area contributed by atoms with Crippen molar-refractivity contribution < 1.29 is 9.90 Å². The molecule has 3 rings (SSSR count). The first kappa shape index (κ1) is 19.2. The van der Waals surface area contributed by atoms with Crippen LogP contribution in [-0.4, -0.2) is 16.1 Å². The number of nitriles is 1. The first-order chi connectivity index (χ1) is 13.0. The largest absolute Gasteiger partial charge is 0.478 e. The zero-order valence-electron chi connectivity index (χ0n) is 15.2. The van der Waals surface area contributed by atoms with E-state index in [1.807, 2.05) is 0 Å². The van der Waals surface area contributed by atoms with E-state index in [4.69, 9.17) is 0 Å². The summed E-state index contributed by atoms with van der Waals surface area (Å²) < 4.78 is 0. The Morgan fingerprint density at radius 3 is 2.74 bits per heavy atom. The molecule has 1 saturated carbocycles. The monoisotopic (exact) mass is 382 g/mol. The van der Waals surface area contributed by atoms with Gasteiger partial charge in [-0.25, -0.2) is 4.79 Å². The number of aromatic carboxylic acids is 1. The molecule has 0 aliphatic heterocycles. The Balaban J connectivity index is 1.96. The van der Waals surface area contributed by atoms with Crippen LogP contribution in [0.5, 0.6) is 0 Å². The van der Waals surface area contributed by atoms with Gasteiger partial charge in [0, 0.05) is 11.0 Å². The fraction of sp³-hybridized carbons (Fsp3) is 0.381. The van der Waals surface area contributed by atoms with E-state index < -0.39 is 5.97 Å². The summed E-state index contributed by atoms with van der Waals surface area (Å²) in [5.41, 5.74) is 1.90. The predicted molar refractivity (Wildman–Crippen MR) is 104 cm³/mol. The van der Waals surface area contributed by atoms with Crippen molar-refractivity contribution in [2.45, 2.75) is 55.4 Å². The molecule has 0 saturated heterocycles. The maximum Gasteiger partial charge on any atom is 0.335 e. The van der Waals surface area contributed by atoms with E-state index >= 15 is 0 Å². The minimum absolute atomic E-state index is 0.221. The predicted octanol–water partition coefficient (Wildman–Crippen LogP) is 4.53. The molecule has 2 aromatic rings. The summed E-state index contributed by atoms with van der Waals surface area (Å²) in [5, 5.41) is 19.5. The zero-order chi connectivity index (χ0) is 19.4. The molecule has 0 amide bonds. The Morgan fingerprint density at radius 1 is 1.33 bits per heavy atom. The van der Waals surface area contributed by atoms with Crippen molar-refractivity contribution in [3.8, 4) is 6.07 Å². The van der Waals surface area contributed by atoms with Gasteiger partial charge in [0.05, 0.1) is 16.2 Å². The number of H-pyrrole nitrogens is 1. The normalized spacial score (nSPS) is 14.7. The summed E-state index contributed by atoms with van der Waals surface area (Å²) in [6.45, 7) is 1.74. The van der Waals surface area contributed by atoms with Crippen LogP contribution >= 0.6 is 11.8 Å². The van der Waals surface area contributed by atoms with Gasteiger partial charge in [-0.2, -0.15) is 5.26 Å². The Morgan fingerprint density at radius 2 is 2.07 bits per heavy atom. The molecule has 1 fully saturated rings. The number of hydrogen-bond donors (Lipinski definition) is 2. The van der Waals surface area contributed by atoms with Gasteiger partial charge in [0.1, 0.15) is 6.07 Å². The summed E-state index contributed by atoms with van der Waals surface area (Å²) in [4.78, 5) is 27.0. The molecular weight excluding hydrogens is 360 g/mol. The van der Waals surface area contributed by atoms with Gasteiger partial charge in [0.15, 0.2) is 0 Å². The quantitative estimate of drug-likeness (QED) is 0.792. The Labute approximate surface area is 162 Å². The third kappa shape index (κ3) is 4.42. The number of pyridine rings is 1. The third-order valence-electron chi connectivity index (χ3n) is 5.16. The smallest absolute Gasteiger partial charge is 0.335 e. The standard InChI is InChI=1S/C21H22N2O3S/c1-13-16(21(25)26)8-5-9-18(13)27-20-17(12-22)15(11-19(24)23-20)10-14-6-3-2-4-7-14/h5,8-9,11,14H,2-4,6-7,10H2,1H3,(H,23,24)(H,25,26). The van der Waals surface area contributed by atoms with Crippen molar-refractivity contribution in [1.29, 1.82) is 5.26 Å². The number of aromatic nitrogens is 1. The molecular formula is C21H22N2O3S. The molecule has 0 unspecified atom stereocenters. The molecule has 1 aromatic heterocycles. The molecule has 0 bridgehead atoms. The van der Waals surface area contributed by atoms with Crippen molar-refractivity contribution in [3.05, 3.63) is 56.9 Å². The summed E-state index contributed by atoms with van der Waals surface area (Å²) in [7, 11) is 0. The maximum absolute atomic E-state index is 12.2. The number of rotatable bonds is 5. The van der Waals surface area contributed by atoms with Gasteiger partial charge >= 0.3 is 5.97 Å². The van der Waals surface area contributed by atoms with E-state index in [-0.39, 0.29) is 11.1 Å². The number of carbonyl (C=O) groups is 1. The van der Waals surface area contributed by atoms with Gasteiger partial charge in [-0.15, -0.1) is 0 Å². The van der Waals surface area contributed by atoms with Crippen molar-refractivity contribution in [1.82, 2.24) is 4.98 Å². The van der Waals surface area contributed by atoms with Crippen molar-refractivity contribution in [2.24, 2.45) is 5.92 Å². The maximum atomic E-state index is 12.2. The van der Waals surface area contributed by atoms with Gasteiger partial charge < -0.3 is 10.1 Å². The highest BCUT2D eigenvalue weighted by Gasteiger charge is 2.19. The van der Waals surface area contributed by atoms with E-state index in [9.17, 15) is 20.0 Å². The van der Waals surface area contributed by atoms with Crippen LogP contribution in [0.25, 0.3) is 0 Å². The fourth-order valence-corrected chi connectivity index (χ4v) is 4.78. The lowest BCUT2D eigenvalue weighted by molar-refractivity contribution is 0.0696. The molecule has 5 nitrogen and oxygen atoms in total. The van der Waals surface area contributed by atoms with Gasteiger partial charge in [0.25, 0.3) is 0 Å². The molecule has 1 aliphatic rings. The number of benzene rings is 1. The fourth-order valence-electron chi connectivity index (χ4n) is 3.72. The number of nitrogens with one attached hydrogen (secondary N) is 1. The minimum Gasteiger partial charge on any atom is -0.478 e. The second-order valence-electron chi connectivity index (χ2n) is 7.02. The highest BCUT2D eigenvalue weighted by molar-refractivity contribution is 7.99. The number of aromatic amines is 1. The molecule has 1 aliphatic carbocycles. The average Bonchev–Trinajstić information content (AvgIpc) is 2.64. The van der Waals surface area contributed by atoms with Crippen molar-refractivity contribution >= 4 is 17.7 Å². The number of nitrogens with zero attached hydrogens (tertiary/aromatic N) is 1. The first-order valence-corrected chi connectivity index (χ1v) is 9.98. The number of carboxylic acids is 1. The molecule has 0 atom stereocenters. The topological polar surface area (TPSA) is 94.0 Å². The third-order valence-corrected chi connectivity index (χ3v) is 6.33. The number of carboxylic acid groups (broad SMARTS) is 1. The Hall–Kier alpha value is -2.52. The highest BCUT2D eigenvalue weighted by atomic mass is 32.2. The second kappa shape index (κ2) is 8.45. The van der Waals surface area contributed by atoms with Crippen molar-refractivity contribution in [3.63, 3.8) is 0 Å². The minimum atomic E-state index is -0.991. The molecule has 2 N–H and O–H groups in total. The van der Waals surface area contributed by atoms with Crippen LogP contribution < -0.4 is 5.56 Å². The van der Waals surface area contributed by atoms with Crippen LogP contribution in [0.15, 0.2) is 39.0 Å². The molecule has 27 heavy (non-hydrogen) atoms. The van der Waals surface area contributed by atoms with E-state index in [0.717, 1.165) is 29.7 Å². The molecule has 140 valence electrons. The molecule has 0 radical (unpaired) electrons. The van der Waals surface area contributed by atoms with Crippen LogP contribution in [0.1, 0.15) is 59.2 Å². The van der Waals surface area contributed by atoms with Crippen LogP contribution in [0.3, 0.4) is 0 Å². The van der Waals surface area contributed by atoms with Crippen molar-refractivity contribution in [2.75, 3.05) is 0 Å². The van der Waals surface area contributed by atoms with Crippen LogP contribution in [0, 0.1) is 24.2 Å². The van der Waals surface area contributed by atoms with Gasteiger partial charge in [-0.05, 0) is 42.5 Å². The SMILES string of the molecule is Cc1c(Sc2[nH]c(=O)cc(CC3CCCCC3)c2C#N)cccc1C(=O)O. The lowest BCUT2D eigenvalue weighted by Gasteiger charge is -2.22. The number of hydrogen-bond acceptors (Lipinski definition) is 4. The van der Waals surface area contributed by atoms with Crippen LogP contribution in [0.2, 0.25) is 0 Å². The van der Waals surface area contributed by atoms with Crippen LogP contribution in [-0.2, 0) is 6.42 Å². The molecule has 0 spiro atoms.